The minimum absolute atomic E-state index is 0. The standard InChI is InChI=1S/C16H31N3O.2ClH/c1-13(2)19-10-7-15(8-11-19)18(3)16(20)5-4-14-6-9-17-12-14;;/h13-15,17H,4-12H2,1-3H3;2*1H. The number of amides is 1. The molecule has 6 heteroatoms. The molecule has 0 saturated carbocycles. The molecule has 2 aliphatic heterocycles. The van der Waals surface area contributed by atoms with Gasteiger partial charge in [0.15, 0.2) is 0 Å². The highest BCUT2D eigenvalue weighted by atomic mass is 35.5. The molecular formula is C16H33Cl2N3O. The van der Waals surface area contributed by atoms with Gasteiger partial charge in [-0.1, -0.05) is 0 Å². The minimum atomic E-state index is 0. The lowest BCUT2D eigenvalue weighted by molar-refractivity contribution is -0.133. The van der Waals surface area contributed by atoms with Crippen LogP contribution in [0.3, 0.4) is 0 Å². The number of carbonyl (C=O) groups is 1. The van der Waals surface area contributed by atoms with Gasteiger partial charge in [-0.25, -0.2) is 0 Å². The van der Waals surface area contributed by atoms with E-state index in [-0.39, 0.29) is 24.8 Å². The van der Waals surface area contributed by atoms with Crippen molar-refractivity contribution in [3.05, 3.63) is 0 Å². The molecule has 0 bridgehead atoms. The Morgan fingerprint density at radius 3 is 2.36 bits per heavy atom. The maximum Gasteiger partial charge on any atom is 0.222 e. The average molecular weight is 354 g/mol. The molecule has 132 valence electrons. The fourth-order valence-electron chi connectivity index (χ4n) is 3.46. The zero-order chi connectivity index (χ0) is 14.5. The van der Waals surface area contributed by atoms with Gasteiger partial charge in [-0.3, -0.25) is 4.79 Å². The van der Waals surface area contributed by atoms with E-state index in [2.05, 4.69) is 24.1 Å². The van der Waals surface area contributed by atoms with E-state index in [1.807, 2.05) is 11.9 Å². The second-order valence-electron chi connectivity index (χ2n) is 6.76. The van der Waals surface area contributed by atoms with Crippen LogP contribution in [-0.4, -0.2) is 61.0 Å². The number of piperidine rings is 1. The van der Waals surface area contributed by atoms with E-state index in [4.69, 9.17) is 0 Å². The molecule has 1 amide bonds. The van der Waals surface area contributed by atoms with E-state index in [0.29, 0.717) is 18.0 Å². The lowest BCUT2D eigenvalue weighted by atomic mass is 9.99. The summed E-state index contributed by atoms with van der Waals surface area (Å²) >= 11 is 0. The number of hydrogen-bond acceptors (Lipinski definition) is 3. The molecule has 0 aromatic carbocycles. The van der Waals surface area contributed by atoms with Gasteiger partial charge in [0.05, 0.1) is 0 Å². The number of halogens is 2. The lowest BCUT2D eigenvalue weighted by Gasteiger charge is -2.38. The van der Waals surface area contributed by atoms with Gasteiger partial charge in [0.25, 0.3) is 0 Å². The van der Waals surface area contributed by atoms with E-state index >= 15 is 0 Å². The Balaban J connectivity index is 0.00000220. The lowest BCUT2D eigenvalue weighted by Crippen LogP contribution is -2.47. The predicted molar refractivity (Wildman–Crippen MR) is 97.2 cm³/mol. The first-order valence-corrected chi connectivity index (χ1v) is 8.28. The zero-order valence-corrected chi connectivity index (χ0v) is 15.8. The first kappa shape index (κ1) is 22.0. The van der Waals surface area contributed by atoms with Gasteiger partial charge in [-0.05, 0) is 58.5 Å². The number of hydrogen-bond donors (Lipinski definition) is 1. The summed E-state index contributed by atoms with van der Waals surface area (Å²) in [6, 6.07) is 1.09. The van der Waals surface area contributed by atoms with E-state index in [1.165, 1.54) is 6.42 Å². The molecule has 0 aromatic heterocycles. The quantitative estimate of drug-likeness (QED) is 0.824. The Hall–Kier alpha value is -0.0300. The molecule has 1 atom stereocenters. The van der Waals surface area contributed by atoms with E-state index < -0.39 is 0 Å². The van der Waals surface area contributed by atoms with Crippen molar-refractivity contribution in [3.63, 3.8) is 0 Å². The van der Waals surface area contributed by atoms with Crippen molar-refractivity contribution in [2.75, 3.05) is 33.2 Å². The highest BCUT2D eigenvalue weighted by Gasteiger charge is 2.26. The smallest absolute Gasteiger partial charge is 0.222 e. The molecule has 22 heavy (non-hydrogen) atoms. The molecule has 0 spiro atoms. The highest BCUT2D eigenvalue weighted by molar-refractivity contribution is 5.85. The third-order valence-electron chi connectivity index (χ3n) is 5.10. The molecule has 0 radical (unpaired) electrons. The van der Waals surface area contributed by atoms with Crippen molar-refractivity contribution in [1.29, 1.82) is 0 Å². The third-order valence-corrected chi connectivity index (χ3v) is 5.10. The van der Waals surface area contributed by atoms with Crippen LogP contribution < -0.4 is 5.32 Å². The highest BCUT2D eigenvalue weighted by Crippen LogP contribution is 2.20. The minimum Gasteiger partial charge on any atom is -0.343 e. The van der Waals surface area contributed by atoms with Crippen LogP contribution in [0.15, 0.2) is 0 Å². The van der Waals surface area contributed by atoms with Crippen molar-refractivity contribution in [2.24, 2.45) is 5.92 Å². The van der Waals surface area contributed by atoms with Crippen molar-refractivity contribution >= 4 is 30.7 Å². The van der Waals surface area contributed by atoms with Gasteiger partial charge < -0.3 is 15.1 Å². The SMILES string of the molecule is CC(C)N1CCC(N(C)C(=O)CCC2CCNC2)CC1.Cl.Cl. The second-order valence-corrected chi connectivity index (χ2v) is 6.76. The van der Waals surface area contributed by atoms with Crippen molar-refractivity contribution in [1.82, 2.24) is 15.1 Å². The van der Waals surface area contributed by atoms with E-state index in [0.717, 1.165) is 57.8 Å². The first-order valence-electron chi connectivity index (χ1n) is 8.28. The molecule has 1 unspecified atom stereocenters. The third kappa shape index (κ3) is 6.23. The van der Waals surface area contributed by atoms with Gasteiger partial charge in [0, 0.05) is 38.6 Å². The summed E-state index contributed by atoms with van der Waals surface area (Å²) in [5.74, 6) is 1.06. The summed E-state index contributed by atoms with van der Waals surface area (Å²) in [5.41, 5.74) is 0. The number of carbonyl (C=O) groups excluding carboxylic acids is 1. The largest absolute Gasteiger partial charge is 0.343 e. The molecule has 2 fully saturated rings. The normalized spacial score (nSPS) is 23.0. The van der Waals surface area contributed by atoms with Gasteiger partial charge in [0.1, 0.15) is 0 Å². The molecule has 0 aliphatic carbocycles. The Morgan fingerprint density at radius 1 is 1.23 bits per heavy atom. The van der Waals surface area contributed by atoms with Gasteiger partial charge in [0.2, 0.25) is 5.91 Å². The van der Waals surface area contributed by atoms with Crippen molar-refractivity contribution < 1.29 is 4.79 Å². The number of nitrogens with zero attached hydrogens (tertiary/aromatic N) is 2. The second kappa shape index (κ2) is 10.7. The van der Waals surface area contributed by atoms with Crippen LogP contribution in [0.5, 0.6) is 0 Å². The summed E-state index contributed by atoms with van der Waals surface area (Å²) in [5, 5.41) is 3.37. The average Bonchev–Trinajstić information content (AvgIpc) is 2.97. The van der Waals surface area contributed by atoms with E-state index in [1.54, 1.807) is 0 Å². The molecule has 2 rings (SSSR count). The van der Waals surface area contributed by atoms with Crippen LogP contribution in [-0.2, 0) is 4.79 Å². The molecule has 2 saturated heterocycles. The van der Waals surface area contributed by atoms with Crippen LogP contribution in [0.25, 0.3) is 0 Å². The summed E-state index contributed by atoms with van der Waals surface area (Å²) in [4.78, 5) is 16.8. The topological polar surface area (TPSA) is 35.6 Å². The fourth-order valence-corrected chi connectivity index (χ4v) is 3.46. The molecule has 4 nitrogen and oxygen atoms in total. The fraction of sp³-hybridized carbons (Fsp3) is 0.938. The van der Waals surface area contributed by atoms with Gasteiger partial charge in [-0.2, -0.15) is 0 Å². The Morgan fingerprint density at radius 2 is 1.86 bits per heavy atom. The van der Waals surface area contributed by atoms with Crippen LogP contribution in [0.4, 0.5) is 0 Å². The number of likely N-dealkylation sites (tertiary alicyclic amines) is 1. The number of rotatable bonds is 5. The summed E-state index contributed by atoms with van der Waals surface area (Å²) < 4.78 is 0. The van der Waals surface area contributed by atoms with Crippen LogP contribution in [0, 0.1) is 5.92 Å². The molecular weight excluding hydrogens is 321 g/mol. The predicted octanol–water partition coefficient (Wildman–Crippen LogP) is 2.55. The summed E-state index contributed by atoms with van der Waals surface area (Å²) in [7, 11) is 2.00. The monoisotopic (exact) mass is 353 g/mol. The maximum absolute atomic E-state index is 12.3. The Kier molecular flexibility index (Phi) is 10.7. The number of nitrogens with one attached hydrogen (secondary N) is 1. The van der Waals surface area contributed by atoms with Crippen LogP contribution in [0.1, 0.15) is 46.0 Å². The zero-order valence-electron chi connectivity index (χ0n) is 14.2. The van der Waals surface area contributed by atoms with Crippen molar-refractivity contribution in [2.45, 2.75) is 58.0 Å². The Bertz CT molecular complexity index is 315. The molecule has 2 heterocycles. The summed E-state index contributed by atoms with van der Waals surface area (Å²) in [6.07, 6.45) is 5.29. The first-order chi connectivity index (χ1) is 9.58. The molecule has 0 aromatic rings. The van der Waals surface area contributed by atoms with Crippen LogP contribution in [0.2, 0.25) is 0 Å². The Labute approximate surface area is 148 Å². The van der Waals surface area contributed by atoms with Crippen LogP contribution >= 0.6 is 24.8 Å². The van der Waals surface area contributed by atoms with E-state index in [9.17, 15) is 4.79 Å². The maximum atomic E-state index is 12.3. The summed E-state index contributed by atoms with van der Waals surface area (Å²) in [6.45, 7) is 9.00. The molecule has 1 N–H and O–H groups in total. The molecule has 2 aliphatic rings. The van der Waals surface area contributed by atoms with Gasteiger partial charge >= 0.3 is 0 Å². The van der Waals surface area contributed by atoms with Crippen molar-refractivity contribution in [3.8, 4) is 0 Å². The van der Waals surface area contributed by atoms with Gasteiger partial charge in [-0.15, -0.1) is 24.8 Å².